The van der Waals surface area contributed by atoms with Gasteiger partial charge in [0.05, 0.1) is 24.2 Å². The van der Waals surface area contributed by atoms with Crippen LogP contribution in [-0.2, 0) is 36.7 Å². The molecule has 3 aromatic rings. The summed E-state index contributed by atoms with van der Waals surface area (Å²) in [6.45, 7) is 7.04. The van der Waals surface area contributed by atoms with Crippen LogP contribution in [0.5, 0.6) is 0 Å². The molecule has 4 rings (SSSR count). The number of morpholine rings is 1. The lowest BCUT2D eigenvalue weighted by Gasteiger charge is -2.34. The van der Waals surface area contributed by atoms with Crippen LogP contribution in [0.25, 0.3) is 11.2 Å². The van der Waals surface area contributed by atoms with Crippen molar-refractivity contribution in [3.63, 3.8) is 0 Å². The lowest BCUT2D eigenvalue weighted by molar-refractivity contribution is -0.116. The van der Waals surface area contributed by atoms with Crippen molar-refractivity contribution in [3.8, 4) is 0 Å². The maximum Gasteiger partial charge on any atom is 0.332 e. The van der Waals surface area contributed by atoms with Gasteiger partial charge in [0, 0.05) is 52.1 Å². The van der Waals surface area contributed by atoms with E-state index < -0.39 is 11.2 Å². The van der Waals surface area contributed by atoms with Gasteiger partial charge in [-0.05, 0) is 20.3 Å². The Hall–Kier alpha value is -2.83. The molecule has 1 fully saturated rings. The molecule has 178 valence electrons. The molecule has 2 atom stereocenters. The van der Waals surface area contributed by atoms with Gasteiger partial charge in [0.1, 0.15) is 0 Å². The number of carbonyl (C=O) groups is 1. The van der Waals surface area contributed by atoms with Crippen molar-refractivity contribution in [2.24, 2.45) is 14.1 Å². The van der Waals surface area contributed by atoms with E-state index in [1.165, 1.54) is 29.3 Å². The van der Waals surface area contributed by atoms with Crippen LogP contribution in [-0.4, -0.2) is 59.8 Å². The lowest BCUT2D eigenvalue weighted by atomic mass is 10.2. The maximum absolute atomic E-state index is 12.5. The molecule has 0 aliphatic carbocycles. The lowest BCUT2D eigenvalue weighted by Crippen LogP contribution is -2.44. The molecule has 4 heterocycles. The number of nitrogens with zero attached hydrogens (tertiary/aromatic N) is 6. The summed E-state index contributed by atoms with van der Waals surface area (Å²) in [5.41, 5.74) is 0.818. The smallest absolute Gasteiger partial charge is 0.332 e. The summed E-state index contributed by atoms with van der Waals surface area (Å²) >= 11 is 1.42. The molecular formula is C21H29N7O4S. The van der Waals surface area contributed by atoms with Crippen LogP contribution < -0.4 is 16.6 Å². The molecule has 2 unspecified atom stereocenters. The number of aromatic nitrogens is 5. The molecule has 12 heteroatoms. The van der Waals surface area contributed by atoms with Gasteiger partial charge in [0.25, 0.3) is 5.56 Å². The van der Waals surface area contributed by atoms with Gasteiger partial charge in [-0.2, -0.15) is 0 Å². The quantitative estimate of drug-likeness (QED) is 0.540. The van der Waals surface area contributed by atoms with Crippen molar-refractivity contribution < 1.29 is 9.53 Å². The van der Waals surface area contributed by atoms with Crippen molar-refractivity contribution >= 4 is 33.5 Å². The Morgan fingerprint density at radius 3 is 2.67 bits per heavy atom. The Bertz CT molecular complexity index is 1260. The topological polar surface area (TPSA) is 116 Å². The van der Waals surface area contributed by atoms with Crippen molar-refractivity contribution in [2.75, 3.05) is 18.4 Å². The van der Waals surface area contributed by atoms with Gasteiger partial charge in [-0.15, -0.1) is 11.3 Å². The number of hydrogen-bond acceptors (Lipinski definition) is 8. The van der Waals surface area contributed by atoms with Crippen molar-refractivity contribution in [1.82, 2.24) is 28.6 Å². The highest BCUT2D eigenvalue weighted by atomic mass is 32.1. The van der Waals surface area contributed by atoms with Gasteiger partial charge < -0.3 is 14.6 Å². The fourth-order valence-electron chi connectivity index (χ4n) is 4.24. The SMILES string of the molecule is CC1CN(Cc2csc(NC(=O)CCCn3cnc4c3c(=O)n(C)c(=O)n4C)n2)CC(C)O1. The normalized spacial score (nSPS) is 19.3. The molecule has 11 nitrogen and oxygen atoms in total. The summed E-state index contributed by atoms with van der Waals surface area (Å²) in [6, 6.07) is 0. The fraction of sp³-hybridized carbons (Fsp3) is 0.571. The number of fused-ring (bicyclic) bond motifs is 1. The van der Waals surface area contributed by atoms with Gasteiger partial charge in [0.15, 0.2) is 16.3 Å². The predicted molar refractivity (Wildman–Crippen MR) is 125 cm³/mol. The minimum absolute atomic E-state index is 0.130. The van der Waals surface area contributed by atoms with E-state index in [0.717, 1.165) is 29.9 Å². The summed E-state index contributed by atoms with van der Waals surface area (Å²) in [4.78, 5) is 48.0. The van der Waals surface area contributed by atoms with Crippen LogP contribution in [0.4, 0.5) is 5.13 Å². The van der Waals surface area contributed by atoms with E-state index in [1.807, 2.05) is 5.38 Å². The molecule has 0 aromatic carbocycles. The number of imidazole rings is 1. The predicted octanol–water partition coefficient (Wildman–Crippen LogP) is 0.918. The summed E-state index contributed by atoms with van der Waals surface area (Å²) in [5.74, 6) is -0.130. The Morgan fingerprint density at radius 2 is 1.94 bits per heavy atom. The minimum Gasteiger partial charge on any atom is -0.373 e. The monoisotopic (exact) mass is 475 g/mol. The van der Waals surface area contributed by atoms with E-state index in [9.17, 15) is 14.4 Å². The summed E-state index contributed by atoms with van der Waals surface area (Å²) < 4.78 is 9.86. The highest BCUT2D eigenvalue weighted by Gasteiger charge is 2.23. The second-order valence-electron chi connectivity index (χ2n) is 8.56. The zero-order valence-electron chi connectivity index (χ0n) is 19.3. The number of hydrogen-bond donors (Lipinski definition) is 1. The standard InChI is InChI=1S/C21H29N7O4S/c1-13-8-27(9-14(2)32-13)10-15-11-33-20(23-15)24-16(29)6-5-7-28-12-22-18-17(28)19(30)26(4)21(31)25(18)3/h11-14H,5-10H2,1-4H3,(H,23,24,29). The molecular weight excluding hydrogens is 446 g/mol. The average molecular weight is 476 g/mol. The number of anilines is 1. The highest BCUT2D eigenvalue weighted by molar-refractivity contribution is 7.13. The minimum atomic E-state index is -0.419. The molecule has 33 heavy (non-hydrogen) atoms. The molecule has 0 saturated carbocycles. The van der Waals surface area contributed by atoms with Crippen LogP contribution in [0, 0.1) is 0 Å². The van der Waals surface area contributed by atoms with Crippen molar-refractivity contribution in [3.05, 3.63) is 38.2 Å². The first-order chi connectivity index (χ1) is 15.7. The van der Waals surface area contributed by atoms with Crippen molar-refractivity contribution in [1.29, 1.82) is 0 Å². The molecule has 0 bridgehead atoms. The number of carbonyl (C=O) groups excluding carboxylic acids is 1. The number of ether oxygens (including phenoxy) is 1. The van der Waals surface area contributed by atoms with Crippen molar-refractivity contribution in [2.45, 2.75) is 52.0 Å². The van der Waals surface area contributed by atoms with Crippen LogP contribution in [0.15, 0.2) is 21.3 Å². The second-order valence-corrected chi connectivity index (χ2v) is 9.42. The highest BCUT2D eigenvalue weighted by Crippen LogP contribution is 2.19. The van der Waals surface area contributed by atoms with E-state index in [1.54, 1.807) is 11.6 Å². The van der Waals surface area contributed by atoms with Gasteiger partial charge in [-0.25, -0.2) is 14.8 Å². The summed E-state index contributed by atoms with van der Waals surface area (Å²) in [5, 5.41) is 5.42. The van der Waals surface area contributed by atoms with E-state index in [-0.39, 0.29) is 24.5 Å². The Morgan fingerprint density at radius 1 is 1.21 bits per heavy atom. The number of amides is 1. The van der Waals surface area contributed by atoms with Gasteiger partial charge >= 0.3 is 5.69 Å². The van der Waals surface area contributed by atoms with E-state index >= 15 is 0 Å². The Kier molecular flexibility index (Phi) is 6.77. The molecule has 1 aliphatic rings. The molecule has 1 N–H and O–H groups in total. The van der Waals surface area contributed by atoms with Crippen LogP contribution in [0.2, 0.25) is 0 Å². The van der Waals surface area contributed by atoms with Gasteiger partial charge in [0.2, 0.25) is 5.91 Å². The third kappa shape index (κ3) is 5.07. The third-order valence-electron chi connectivity index (χ3n) is 5.70. The first-order valence-electron chi connectivity index (χ1n) is 11.0. The molecule has 0 spiro atoms. The number of nitrogens with one attached hydrogen (secondary N) is 1. The van der Waals surface area contributed by atoms with E-state index in [0.29, 0.717) is 29.3 Å². The molecule has 0 radical (unpaired) electrons. The fourth-order valence-corrected chi connectivity index (χ4v) is 4.96. The van der Waals surface area contributed by atoms with Crippen LogP contribution in [0.1, 0.15) is 32.4 Å². The Labute approximate surface area is 194 Å². The zero-order chi connectivity index (χ0) is 23.7. The first kappa shape index (κ1) is 23.3. The average Bonchev–Trinajstić information content (AvgIpc) is 3.37. The molecule has 3 aromatic heterocycles. The number of aryl methyl sites for hydroxylation is 2. The molecule has 1 saturated heterocycles. The third-order valence-corrected chi connectivity index (χ3v) is 6.51. The first-order valence-corrected chi connectivity index (χ1v) is 11.8. The number of rotatable bonds is 7. The van der Waals surface area contributed by atoms with Gasteiger partial charge in [-0.3, -0.25) is 23.6 Å². The molecule has 1 aliphatic heterocycles. The van der Waals surface area contributed by atoms with Crippen LogP contribution >= 0.6 is 11.3 Å². The summed E-state index contributed by atoms with van der Waals surface area (Å²) in [7, 11) is 3.02. The second kappa shape index (κ2) is 9.57. The maximum atomic E-state index is 12.5. The molecule has 1 amide bonds. The van der Waals surface area contributed by atoms with E-state index in [4.69, 9.17) is 4.74 Å². The Balaban J connectivity index is 1.31. The van der Waals surface area contributed by atoms with E-state index in [2.05, 4.69) is 34.0 Å². The van der Waals surface area contributed by atoms with Crippen LogP contribution in [0.3, 0.4) is 0 Å². The summed E-state index contributed by atoms with van der Waals surface area (Å²) in [6.07, 6.45) is 2.72. The van der Waals surface area contributed by atoms with Gasteiger partial charge in [-0.1, -0.05) is 0 Å². The zero-order valence-corrected chi connectivity index (χ0v) is 20.1. The largest absolute Gasteiger partial charge is 0.373 e. The number of thiazole rings is 1.